The summed E-state index contributed by atoms with van der Waals surface area (Å²) in [5.74, 6) is -0.723. The monoisotopic (exact) mass is 334 g/mol. The van der Waals surface area contributed by atoms with Crippen molar-refractivity contribution in [1.29, 1.82) is 0 Å². The molecule has 0 aromatic carbocycles. The number of carbonyl (C=O) groups excluding carboxylic acids is 1. The minimum atomic E-state index is -0.749. The number of hydrogen-bond donors (Lipinski definition) is 1. The molecule has 4 fully saturated rings. The molecule has 0 aromatic rings. The minimum Gasteiger partial charge on any atom is -0.481 e. The summed E-state index contributed by atoms with van der Waals surface area (Å²) in [6.45, 7) is 3.51. The molecule has 1 N–H and O–H groups in total. The molecule has 5 nitrogen and oxygen atoms in total. The number of carbonyl (C=O) groups is 2. The lowest BCUT2D eigenvalue weighted by molar-refractivity contribution is -0.153. The molecule has 4 aliphatic rings. The Labute approximate surface area is 144 Å². The normalized spacial score (nSPS) is 37.8. The fourth-order valence-electron chi connectivity index (χ4n) is 5.97. The Morgan fingerprint density at radius 3 is 2.04 bits per heavy atom. The van der Waals surface area contributed by atoms with Crippen molar-refractivity contribution in [3.63, 3.8) is 0 Å². The zero-order chi connectivity index (χ0) is 16.7. The van der Waals surface area contributed by atoms with E-state index in [-0.39, 0.29) is 17.7 Å². The van der Waals surface area contributed by atoms with Crippen LogP contribution in [0.4, 0.5) is 0 Å². The first-order valence-electron chi connectivity index (χ1n) is 9.91. The number of fused-ring (bicyclic) bond motifs is 2. The third-order valence-corrected chi connectivity index (χ3v) is 7.20. The van der Waals surface area contributed by atoms with Crippen LogP contribution in [0.1, 0.15) is 51.4 Å². The first-order valence-corrected chi connectivity index (χ1v) is 9.91. The van der Waals surface area contributed by atoms with Gasteiger partial charge in [-0.15, -0.1) is 0 Å². The fraction of sp³-hybridized carbons (Fsp3) is 0.895. The van der Waals surface area contributed by atoms with Crippen LogP contribution in [0.2, 0.25) is 0 Å². The standard InChI is InChI=1S/C19H30N2O3/c22-18(16-13-6-7-14(12-13)17(16)19(23)24)21-10-8-20(9-11-21)15-4-2-1-3-5-15/h13-17H,1-12H2,(H,23,24)/t13-,14+,16+,17+/m1/s1. The fourth-order valence-corrected chi connectivity index (χ4v) is 5.97. The highest BCUT2D eigenvalue weighted by molar-refractivity contribution is 5.86. The molecule has 24 heavy (non-hydrogen) atoms. The highest BCUT2D eigenvalue weighted by Crippen LogP contribution is 2.53. The molecule has 1 heterocycles. The Kier molecular flexibility index (Phi) is 4.54. The second kappa shape index (κ2) is 6.66. The lowest BCUT2D eigenvalue weighted by Gasteiger charge is -2.42. The van der Waals surface area contributed by atoms with Crippen molar-refractivity contribution in [3.05, 3.63) is 0 Å². The molecule has 3 aliphatic carbocycles. The summed E-state index contributed by atoms with van der Waals surface area (Å²) in [5, 5.41) is 9.59. The molecule has 4 rings (SSSR count). The number of nitrogens with zero attached hydrogens (tertiary/aromatic N) is 2. The van der Waals surface area contributed by atoms with E-state index in [0.29, 0.717) is 12.0 Å². The summed E-state index contributed by atoms with van der Waals surface area (Å²) in [5.41, 5.74) is 0. The van der Waals surface area contributed by atoms with Gasteiger partial charge in [-0.25, -0.2) is 0 Å². The van der Waals surface area contributed by atoms with Crippen LogP contribution in [0.25, 0.3) is 0 Å². The summed E-state index contributed by atoms with van der Waals surface area (Å²) >= 11 is 0. The summed E-state index contributed by atoms with van der Waals surface area (Å²) < 4.78 is 0. The van der Waals surface area contributed by atoms with E-state index in [2.05, 4.69) is 4.90 Å². The number of carboxylic acid groups (broad SMARTS) is 1. The van der Waals surface area contributed by atoms with E-state index in [1.165, 1.54) is 32.1 Å². The average molecular weight is 334 g/mol. The molecule has 0 radical (unpaired) electrons. The second-order valence-electron chi connectivity index (χ2n) is 8.38. The third kappa shape index (κ3) is 2.85. The van der Waals surface area contributed by atoms with Gasteiger partial charge in [-0.3, -0.25) is 14.5 Å². The van der Waals surface area contributed by atoms with Gasteiger partial charge < -0.3 is 10.0 Å². The van der Waals surface area contributed by atoms with Gasteiger partial charge in [0.25, 0.3) is 0 Å². The van der Waals surface area contributed by atoms with Crippen LogP contribution in [-0.2, 0) is 9.59 Å². The van der Waals surface area contributed by atoms with Crippen LogP contribution < -0.4 is 0 Å². The van der Waals surface area contributed by atoms with Crippen molar-refractivity contribution < 1.29 is 14.7 Å². The van der Waals surface area contributed by atoms with Crippen molar-refractivity contribution in [2.75, 3.05) is 26.2 Å². The predicted octanol–water partition coefficient (Wildman–Crippen LogP) is 2.21. The maximum absolute atomic E-state index is 13.0. The van der Waals surface area contributed by atoms with E-state index in [9.17, 15) is 14.7 Å². The summed E-state index contributed by atoms with van der Waals surface area (Å²) in [4.78, 5) is 29.2. The van der Waals surface area contributed by atoms with Gasteiger partial charge >= 0.3 is 5.97 Å². The van der Waals surface area contributed by atoms with Crippen LogP contribution in [0, 0.1) is 23.7 Å². The molecule has 0 unspecified atom stereocenters. The second-order valence-corrected chi connectivity index (χ2v) is 8.38. The van der Waals surface area contributed by atoms with E-state index < -0.39 is 11.9 Å². The van der Waals surface area contributed by atoms with E-state index in [0.717, 1.165) is 45.4 Å². The van der Waals surface area contributed by atoms with E-state index in [4.69, 9.17) is 0 Å². The zero-order valence-electron chi connectivity index (χ0n) is 14.5. The first-order chi connectivity index (χ1) is 11.6. The van der Waals surface area contributed by atoms with Crippen molar-refractivity contribution in [1.82, 2.24) is 9.80 Å². The molecule has 3 saturated carbocycles. The van der Waals surface area contributed by atoms with E-state index in [1.807, 2.05) is 4.90 Å². The van der Waals surface area contributed by atoms with Gasteiger partial charge in [-0.05, 0) is 43.9 Å². The highest BCUT2D eigenvalue weighted by Gasteiger charge is 2.54. The Balaban J connectivity index is 1.37. The van der Waals surface area contributed by atoms with E-state index in [1.54, 1.807) is 0 Å². The molecule has 1 saturated heterocycles. The van der Waals surface area contributed by atoms with Gasteiger partial charge in [0.05, 0.1) is 11.8 Å². The molecule has 5 heteroatoms. The topological polar surface area (TPSA) is 60.9 Å². The highest BCUT2D eigenvalue weighted by atomic mass is 16.4. The van der Waals surface area contributed by atoms with Crippen LogP contribution in [0.3, 0.4) is 0 Å². The Morgan fingerprint density at radius 2 is 1.42 bits per heavy atom. The number of piperazine rings is 1. The van der Waals surface area contributed by atoms with Gasteiger partial charge in [0.15, 0.2) is 0 Å². The molecule has 1 aliphatic heterocycles. The van der Waals surface area contributed by atoms with Gasteiger partial charge in [-0.2, -0.15) is 0 Å². The molecule has 0 aromatic heterocycles. The van der Waals surface area contributed by atoms with Crippen LogP contribution in [-0.4, -0.2) is 59.0 Å². The minimum absolute atomic E-state index is 0.137. The first kappa shape index (κ1) is 16.4. The predicted molar refractivity (Wildman–Crippen MR) is 90.5 cm³/mol. The number of rotatable bonds is 3. The molecule has 1 amide bonds. The SMILES string of the molecule is O=C(O)[C@H]1[C@H]2CC[C@H](C2)[C@@H]1C(=O)N1CCN(C2CCCCC2)CC1. The molecule has 2 bridgehead atoms. The largest absolute Gasteiger partial charge is 0.481 e. The molecule has 0 spiro atoms. The smallest absolute Gasteiger partial charge is 0.307 e. The zero-order valence-corrected chi connectivity index (χ0v) is 14.5. The third-order valence-electron chi connectivity index (χ3n) is 7.20. The lowest BCUT2D eigenvalue weighted by Crippen LogP contribution is -2.54. The van der Waals surface area contributed by atoms with Crippen molar-refractivity contribution in [3.8, 4) is 0 Å². The Hall–Kier alpha value is -1.10. The van der Waals surface area contributed by atoms with Gasteiger partial charge in [0.2, 0.25) is 5.91 Å². The van der Waals surface area contributed by atoms with Crippen molar-refractivity contribution in [2.45, 2.75) is 57.4 Å². The maximum atomic E-state index is 13.0. The number of carboxylic acids is 1. The van der Waals surface area contributed by atoms with E-state index >= 15 is 0 Å². The number of amides is 1. The van der Waals surface area contributed by atoms with Crippen molar-refractivity contribution in [2.24, 2.45) is 23.7 Å². The summed E-state index contributed by atoms with van der Waals surface area (Å²) in [6, 6.07) is 0.713. The molecular weight excluding hydrogens is 304 g/mol. The summed E-state index contributed by atoms with van der Waals surface area (Å²) in [7, 11) is 0. The Morgan fingerprint density at radius 1 is 0.792 bits per heavy atom. The van der Waals surface area contributed by atoms with Gasteiger partial charge in [-0.1, -0.05) is 19.3 Å². The Bertz CT molecular complexity index is 495. The average Bonchev–Trinajstić information content (AvgIpc) is 3.23. The lowest BCUT2D eigenvalue weighted by atomic mass is 9.78. The molecular formula is C19H30N2O3. The summed E-state index contributed by atoms with van der Waals surface area (Å²) in [6.07, 6.45) is 9.67. The van der Waals surface area contributed by atoms with Crippen LogP contribution in [0.5, 0.6) is 0 Å². The van der Waals surface area contributed by atoms with Crippen LogP contribution in [0.15, 0.2) is 0 Å². The maximum Gasteiger partial charge on any atom is 0.307 e. The van der Waals surface area contributed by atoms with Gasteiger partial charge in [0, 0.05) is 32.2 Å². The van der Waals surface area contributed by atoms with Gasteiger partial charge in [0.1, 0.15) is 0 Å². The number of hydrogen-bond acceptors (Lipinski definition) is 3. The molecule has 4 atom stereocenters. The molecule has 134 valence electrons. The quantitative estimate of drug-likeness (QED) is 0.860. The number of aliphatic carboxylic acids is 1. The van der Waals surface area contributed by atoms with Crippen molar-refractivity contribution >= 4 is 11.9 Å². The van der Waals surface area contributed by atoms with Crippen LogP contribution >= 0.6 is 0 Å².